The van der Waals surface area contributed by atoms with E-state index in [4.69, 9.17) is 4.55 Å². The first-order valence-electron chi connectivity index (χ1n) is 13.3. The maximum Gasteiger partial charge on any atom is 0.266 e. The van der Waals surface area contributed by atoms with Crippen LogP contribution in [0.1, 0.15) is 91.4 Å². The van der Waals surface area contributed by atoms with Gasteiger partial charge < -0.3 is 10.4 Å². The van der Waals surface area contributed by atoms with Crippen LogP contribution < -0.4 is 5.32 Å². The molecule has 7 heteroatoms. The molecule has 0 aromatic rings. The summed E-state index contributed by atoms with van der Waals surface area (Å²) in [6.07, 6.45) is 12.1. The summed E-state index contributed by atoms with van der Waals surface area (Å²) in [5.41, 5.74) is 0.771. The molecule has 0 bridgehead atoms. The zero-order chi connectivity index (χ0) is 24.0. The second kappa shape index (κ2) is 9.42. The van der Waals surface area contributed by atoms with Crippen LogP contribution in [0.15, 0.2) is 0 Å². The van der Waals surface area contributed by atoms with E-state index in [0.717, 1.165) is 37.0 Å². The predicted octanol–water partition coefficient (Wildman–Crippen LogP) is 4.43. The summed E-state index contributed by atoms with van der Waals surface area (Å²) < 4.78 is 30.5. The van der Waals surface area contributed by atoms with Crippen molar-refractivity contribution in [2.24, 2.45) is 46.3 Å². The lowest BCUT2D eigenvalue weighted by Gasteiger charge is -2.61. The van der Waals surface area contributed by atoms with Crippen LogP contribution in [0.2, 0.25) is 0 Å². The van der Waals surface area contributed by atoms with E-state index < -0.39 is 15.9 Å². The van der Waals surface area contributed by atoms with Crippen molar-refractivity contribution in [1.29, 1.82) is 0 Å². The lowest BCUT2D eigenvalue weighted by atomic mass is 9.44. The summed E-state index contributed by atoms with van der Waals surface area (Å²) in [7, 11) is -4.04. The molecule has 9 atom stereocenters. The monoisotopic (exact) mass is 483 g/mol. The van der Waals surface area contributed by atoms with E-state index in [1.807, 2.05) is 0 Å². The van der Waals surface area contributed by atoms with Crippen molar-refractivity contribution < 1.29 is 22.9 Å². The number of nitrogens with one attached hydrogen (secondary N) is 1. The molecule has 0 unspecified atom stereocenters. The molecule has 1 amide bonds. The number of fused-ring (bicyclic) bond motifs is 5. The van der Waals surface area contributed by atoms with Crippen molar-refractivity contribution in [1.82, 2.24) is 5.32 Å². The fourth-order valence-electron chi connectivity index (χ4n) is 9.18. The first-order chi connectivity index (χ1) is 15.4. The van der Waals surface area contributed by atoms with Crippen molar-refractivity contribution in [3.05, 3.63) is 0 Å². The molecular formula is C26H45NO5S. The highest BCUT2D eigenvalue weighted by atomic mass is 32.2. The van der Waals surface area contributed by atoms with Gasteiger partial charge >= 0.3 is 0 Å². The maximum atomic E-state index is 12.2. The van der Waals surface area contributed by atoms with E-state index in [-0.39, 0.29) is 18.6 Å². The number of aliphatic hydroxyl groups is 1. The Bertz CT molecular complexity index is 831. The predicted molar refractivity (Wildman–Crippen MR) is 129 cm³/mol. The van der Waals surface area contributed by atoms with Crippen LogP contribution in [0.3, 0.4) is 0 Å². The number of hydrogen-bond donors (Lipinski definition) is 3. The van der Waals surface area contributed by atoms with Crippen LogP contribution in [-0.2, 0) is 14.9 Å². The van der Waals surface area contributed by atoms with E-state index >= 15 is 0 Å². The summed E-state index contributed by atoms with van der Waals surface area (Å²) in [5.74, 6) is 3.68. The first kappa shape index (κ1) is 25.4. The molecular weight excluding hydrogens is 438 g/mol. The Morgan fingerprint density at radius 1 is 1.03 bits per heavy atom. The molecule has 4 aliphatic rings. The van der Waals surface area contributed by atoms with Gasteiger partial charge in [-0.3, -0.25) is 9.35 Å². The highest BCUT2D eigenvalue weighted by molar-refractivity contribution is 7.85. The minimum Gasteiger partial charge on any atom is -0.393 e. The molecule has 33 heavy (non-hydrogen) atoms. The Morgan fingerprint density at radius 2 is 1.73 bits per heavy atom. The second-order valence-corrected chi connectivity index (χ2v) is 14.0. The molecule has 4 rings (SSSR count). The number of hydrogen-bond acceptors (Lipinski definition) is 4. The molecule has 4 fully saturated rings. The quantitative estimate of drug-likeness (QED) is 0.465. The fraction of sp³-hybridized carbons (Fsp3) is 0.962. The molecule has 0 spiro atoms. The van der Waals surface area contributed by atoms with Crippen molar-refractivity contribution in [2.75, 3.05) is 12.3 Å². The Hall–Kier alpha value is -0.660. The largest absolute Gasteiger partial charge is 0.393 e. The van der Waals surface area contributed by atoms with Crippen molar-refractivity contribution in [3.8, 4) is 0 Å². The molecule has 0 aromatic heterocycles. The van der Waals surface area contributed by atoms with Crippen LogP contribution in [0, 0.1) is 46.3 Å². The molecule has 4 aliphatic carbocycles. The SMILES string of the molecule is C[C@H](CCC(=O)NCCS(=O)(=O)O)[C@@H]1CC[C@@H]2[C@H]3CC[C@H]4C[C@@H](O)CC[C@]4(C)[C@@H]3CC[C@@]21C. The van der Waals surface area contributed by atoms with E-state index in [1.165, 1.54) is 44.9 Å². The zero-order valence-electron chi connectivity index (χ0n) is 20.8. The van der Waals surface area contributed by atoms with Crippen LogP contribution in [0.5, 0.6) is 0 Å². The number of carbonyl (C=O) groups is 1. The molecule has 0 aromatic carbocycles. The Morgan fingerprint density at radius 3 is 2.45 bits per heavy atom. The number of carbonyl (C=O) groups excluding carboxylic acids is 1. The second-order valence-electron chi connectivity index (χ2n) is 12.5. The Kier molecular flexibility index (Phi) is 7.26. The Labute approximate surface area is 200 Å². The Balaban J connectivity index is 1.35. The molecule has 4 saturated carbocycles. The van der Waals surface area contributed by atoms with Crippen molar-refractivity contribution in [2.45, 2.75) is 97.5 Å². The van der Waals surface area contributed by atoms with Crippen LogP contribution >= 0.6 is 0 Å². The molecule has 6 nitrogen and oxygen atoms in total. The summed E-state index contributed by atoms with van der Waals surface area (Å²) >= 11 is 0. The van der Waals surface area contributed by atoms with E-state index in [2.05, 4.69) is 26.1 Å². The minimum absolute atomic E-state index is 0.0326. The first-order valence-corrected chi connectivity index (χ1v) is 14.9. The van der Waals surface area contributed by atoms with Gasteiger partial charge in [-0.25, -0.2) is 0 Å². The highest BCUT2D eigenvalue weighted by Gasteiger charge is 2.60. The van der Waals surface area contributed by atoms with E-state index in [1.54, 1.807) is 0 Å². The molecule has 0 radical (unpaired) electrons. The summed E-state index contributed by atoms with van der Waals surface area (Å²) in [4.78, 5) is 12.2. The van der Waals surface area contributed by atoms with Gasteiger partial charge in [0.2, 0.25) is 5.91 Å². The van der Waals surface area contributed by atoms with Crippen LogP contribution in [0.25, 0.3) is 0 Å². The van der Waals surface area contributed by atoms with Gasteiger partial charge in [0.25, 0.3) is 10.1 Å². The van der Waals surface area contributed by atoms with Crippen LogP contribution in [0.4, 0.5) is 0 Å². The minimum atomic E-state index is -4.04. The molecule has 0 saturated heterocycles. The summed E-state index contributed by atoms with van der Waals surface area (Å²) in [5, 5.41) is 12.9. The van der Waals surface area contributed by atoms with Crippen LogP contribution in [-0.4, -0.2) is 42.4 Å². The summed E-state index contributed by atoms with van der Waals surface area (Å²) in [6, 6.07) is 0. The van der Waals surface area contributed by atoms with Crippen molar-refractivity contribution >= 4 is 16.0 Å². The zero-order valence-corrected chi connectivity index (χ0v) is 21.6. The highest BCUT2D eigenvalue weighted by Crippen LogP contribution is 2.68. The lowest BCUT2D eigenvalue weighted by molar-refractivity contribution is -0.129. The van der Waals surface area contributed by atoms with Gasteiger partial charge in [0.15, 0.2) is 0 Å². The van der Waals surface area contributed by atoms with Gasteiger partial charge in [-0.1, -0.05) is 20.8 Å². The third kappa shape index (κ3) is 5.02. The number of rotatable bonds is 7. The average Bonchev–Trinajstić information content (AvgIpc) is 3.09. The lowest BCUT2D eigenvalue weighted by Crippen LogP contribution is -2.54. The van der Waals surface area contributed by atoms with Gasteiger partial charge in [0, 0.05) is 13.0 Å². The van der Waals surface area contributed by atoms with E-state index in [0.29, 0.717) is 35.0 Å². The summed E-state index contributed by atoms with van der Waals surface area (Å²) in [6.45, 7) is 7.34. The topological polar surface area (TPSA) is 104 Å². The maximum absolute atomic E-state index is 12.2. The van der Waals surface area contributed by atoms with Gasteiger partial charge in [0.05, 0.1) is 11.9 Å². The standard InChI is InChI=1S/C26H45NO5S/c1-17(4-9-24(29)27-14-15-33(30,31)32)21-7-8-22-20-6-5-18-16-19(28)10-12-25(18,2)23(20)11-13-26(21,22)3/h17-23,28H,4-16H2,1-3H3,(H,27,29)(H,30,31,32)/t17-,18+,19+,20-,21+,22-,23-,25+,26-/m1/s1. The average molecular weight is 484 g/mol. The van der Waals surface area contributed by atoms with Gasteiger partial charge in [-0.2, -0.15) is 8.42 Å². The third-order valence-corrected chi connectivity index (χ3v) is 11.6. The van der Waals surface area contributed by atoms with Gasteiger partial charge in [-0.05, 0) is 111 Å². The number of amides is 1. The van der Waals surface area contributed by atoms with Gasteiger partial charge in [-0.15, -0.1) is 0 Å². The third-order valence-electron chi connectivity index (χ3n) is 10.9. The molecule has 0 aliphatic heterocycles. The normalized spacial score (nSPS) is 43.8. The molecule has 0 heterocycles. The molecule has 3 N–H and O–H groups in total. The van der Waals surface area contributed by atoms with Gasteiger partial charge in [0.1, 0.15) is 0 Å². The fourth-order valence-corrected chi connectivity index (χ4v) is 9.54. The van der Waals surface area contributed by atoms with E-state index in [9.17, 15) is 18.3 Å². The number of aliphatic hydroxyl groups excluding tert-OH is 1. The smallest absolute Gasteiger partial charge is 0.266 e. The van der Waals surface area contributed by atoms with Crippen molar-refractivity contribution in [3.63, 3.8) is 0 Å². The molecule has 190 valence electrons.